The molecule has 166 valence electrons. The van der Waals surface area contributed by atoms with Crippen molar-refractivity contribution in [3.63, 3.8) is 0 Å². The fraction of sp³-hybridized carbons (Fsp3) is 0.895. The highest BCUT2D eigenvalue weighted by Gasteiger charge is 2.24. The molecule has 0 radical (unpaired) electrons. The van der Waals surface area contributed by atoms with Crippen molar-refractivity contribution < 1.29 is 43.5 Å². The van der Waals surface area contributed by atoms with Crippen LogP contribution in [0, 0.1) is 0 Å². The number of esters is 1. The van der Waals surface area contributed by atoms with Gasteiger partial charge in [-0.3, -0.25) is 9.59 Å². The molecule has 28 heavy (non-hydrogen) atoms. The number of methoxy groups -OCH3 is 1. The first-order valence-electron chi connectivity index (χ1n) is 9.62. The molecule has 0 aromatic heterocycles. The van der Waals surface area contributed by atoms with Crippen molar-refractivity contribution in [3.05, 3.63) is 0 Å². The van der Waals surface area contributed by atoms with E-state index in [4.69, 9.17) is 28.8 Å². The quantitative estimate of drug-likeness (QED) is 0.344. The molecule has 9 nitrogen and oxygen atoms in total. The molecule has 2 N–H and O–H groups in total. The summed E-state index contributed by atoms with van der Waals surface area (Å²) in [6.07, 6.45) is -1.84. The van der Waals surface area contributed by atoms with Gasteiger partial charge in [0.15, 0.2) is 0 Å². The minimum atomic E-state index is -1.04. The van der Waals surface area contributed by atoms with E-state index in [1.165, 1.54) is 0 Å². The summed E-state index contributed by atoms with van der Waals surface area (Å²) in [7, 11) is 1.58. The third-order valence-corrected chi connectivity index (χ3v) is 3.87. The zero-order valence-electron chi connectivity index (χ0n) is 17.6. The van der Waals surface area contributed by atoms with Crippen molar-refractivity contribution in [2.45, 2.75) is 77.5 Å². The molecule has 0 aromatic carbocycles. The van der Waals surface area contributed by atoms with Crippen LogP contribution in [0.5, 0.6) is 0 Å². The van der Waals surface area contributed by atoms with Crippen molar-refractivity contribution in [2.24, 2.45) is 0 Å². The maximum Gasteiger partial charge on any atom is 0.306 e. The molecule has 0 aliphatic rings. The highest BCUT2D eigenvalue weighted by molar-refractivity contribution is 5.76. The summed E-state index contributed by atoms with van der Waals surface area (Å²) in [6.45, 7) is 8.37. The minimum Gasteiger partial charge on any atom is -0.481 e. The van der Waals surface area contributed by atoms with Crippen LogP contribution in [0.1, 0.15) is 47.0 Å². The van der Waals surface area contributed by atoms with Gasteiger partial charge in [-0.2, -0.15) is 0 Å². The number of aliphatic hydroxyl groups excluding tert-OH is 1. The first-order chi connectivity index (χ1) is 13.2. The van der Waals surface area contributed by atoms with Gasteiger partial charge in [0.2, 0.25) is 0 Å². The smallest absolute Gasteiger partial charge is 0.306 e. The lowest BCUT2D eigenvalue weighted by molar-refractivity contribution is -0.156. The van der Waals surface area contributed by atoms with Gasteiger partial charge in [-0.05, 0) is 27.7 Å². The lowest BCUT2D eigenvalue weighted by atomic mass is 10.1. The van der Waals surface area contributed by atoms with Gasteiger partial charge < -0.3 is 33.9 Å². The number of aliphatic carboxylic acids is 1. The lowest BCUT2D eigenvalue weighted by Crippen LogP contribution is -2.37. The van der Waals surface area contributed by atoms with Gasteiger partial charge in [0.1, 0.15) is 6.10 Å². The molecule has 0 fully saturated rings. The standard InChI is InChI=1S/C19H36O9/c1-6-25-12-16(27-10-13(2)20)9-17(24-5)15(4)26-11-14(3)28-19(23)8-7-18(21)22/h13-17,20H,6-12H2,1-5H3,(H,21,22). The van der Waals surface area contributed by atoms with Crippen LogP contribution in [-0.4, -0.2) is 86.2 Å². The molecule has 0 spiro atoms. The molecule has 0 heterocycles. The van der Waals surface area contributed by atoms with Crippen LogP contribution in [-0.2, 0) is 33.3 Å². The van der Waals surface area contributed by atoms with E-state index >= 15 is 0 Å². The van der Waals surface area contributed by atoms with Gasteiger partial charge in [0, 0.05) is 20.1 Å². The zero-order valence-corrected chi connectivity index (χ0v) is 17.6. The fourth-order valence-corrected chi connectivity index (χ4v) is 2.37. The number of rotatable bonds is 17. The number of carboxylic acid groups (broad SMARTS) is 1. The molecule has 0 saturated heterocycles. The van der Waals surface area contributed by atoms with Crippen LogP contribution in [0.25, 0.3) is 0 Å². The number of hydrogen-bond donors (Lipinski definition) is 2. The van der Waals surface area contributed by atoms with E-state index in [9.17, 15) is 14.7 Å². The van der Waals surface area contributed by atoms with E-state index in [0.29, 0.717) is 19.6 Å². The summed E-state index contributed by atoms with van der Waals surface area (Å²) in [5.41, 5.74) is 0. The monoisotopic (exact) mass is 408 g/mol. The second-order valence-corrected chi connectivity index (χ2v) is 6.71. The number of ether oxygens (including phenoxy) is 5. The molecule has 5 unspecified atom stereocenters. The molecule has 0 amide bonds. The van der Waals surface area contributed by atoms with Gasteiger partial charge >= 0.3 is 11.9 Å². The molecule has 9 heteroatoms. The summed E-state index contributed by atoms with van der Waals surface area (Å²) in [4.78, 5) is 22.0. The SMILES string of the molecule is CCOCC(CC(OC)C(C)OCC(C)OC(=O)CCC(=O)O)OCC(C)O. The van der Waals surface area contributed by atoms with Gasteiger partial charge in [0.05, 0.1) is 57.1 Å². The van der Waals surface area contributed by atoms with Crippen LogP contribution < -0.4 is 0 Å². The Labute approximate surface area is 167 Å². The number of carboxylic acids is 1. The Bertz CT molecular complexity index is 428. The first kappa shape index (κ1) is 26.7. The van der Waals surface area contributed by atoms with Gasteiger partial charge in [0.25, 0.3) is 0 Å². The maximum atomic E-state index is 11.5. The Morgan fingerprint density at radius 3 is 2.21 bits per heavy atom. The van der Waals surface area contributed by atoms with E-state index in [1.54, 1.807) is 21.0 Å². The summed E-state index contributed by atoms with van der Waals surface area (Å²) in [6, 6.07) is 0. The second kappa shape index (κ2) is 15.6. The second-order valence-electron chi connectivity index (χ2n) is 6.71. The van der Waals surface area contributed by atoms with Crippen LogP contribution in [0.2, 0.25) is 0 Å². The molecule has 0 bridgehead atoms. The van der Waals surface area contributed by atoms with Gasteiger partial charge in [-0.25, -0.2) is 0 Å². The third-order valence-electron chi connectivity index (χ3n) is 3.87. The summed E-state index contributed by atoms with van der Waals surface area (Å²) in [5, 5.41) is 18.0. The number of carbonyl (C=O) groups excluding carboxylic acids is 1. The van der Waals surface area contributed by atoms with Gasteiger partial charge in [-0.1, -0.05) is 0 Å². The minimum absolute atomic E-state index is 0.157. The highest BCUT2D eigenvalue weighted by Crippen LogP contribution is 2.14. The van der Waals surface area contributed by atoms with Crippen LogP contribution in [0.4, 0.5) is 0 Å². The van der Waals surface area contributed by atoms with E-state index in [-0.39, 0.29) is 44.4 Å². The predicted molar refractivity (Wildman–Crippen MR) is 101 cm³/mol. The Morgan fingerprint density at radius 1 is 1.00 bits per heavy atom. The molecule has 0 saturated carbocycles. The molecule has 0 aliphatic heterocycles. The Hall–Kier alpha value is -1.26. The average molecular weight is 408 g/mol. The van der Waals surface area contributed by atoms with Crippen molar-refractivity contribution in [3.8, 4) is 0 Å². The van der Waals surface area contributed by atoms with Crippen LogP contribution in [0.3, 0.4) is 0 Å². The molecule has 0 aliphatic carbocycles. The van der Waals surface area contributed by atoms with E-state index in [0.717, 1.165) is 0 Å². The molecule has 0 rings (SSSR count). The summed E-state index contributed by atoms with van der Waals surface area (Å²) < 4.78 is 27.5. The Morgan fingerprint density at radius 2 is 1.68 bits per heavy atom. The maximum absolute atomic E-state index is 11.5. The van der Waals surface area contributed by atoms with Crippen molar-refractivity contribution in [1.82, 2.24) is 0 Å². The fourth-order valence-electron chi connectivity index (χ4n) is 2.37. The third kappa shape index (κ3) is 13.8. The average Bonchev–Trinajstić information content (AvgIpc) is 2.63. The molecular formula is C19H36O9. The topological polar surface area (TPSA) is 121 Å². The van der Waals surface area contributed by atoms with Crippen molar-refractivity contribution in [2.75, 3.05) is 33.5 Å². The van der Waals surface area contributed by atoms with Crippen molar-refractivity contribution in [1.29, 1.82) is 0 Å². The number of hydrogen-bond acceptors (Lipinski definition) is 8. The Kier molecular flexibility index (Phi) is 14.9. The van der Waals surface area contributed by atoms with Gasteiger partial charge in [-0.15, -0.1) is 0 Å². The first-order valence-corrected chi connectivity index (χ1v) is 9.62. The van der Waals surface area contributed by atoms with Crippen molar-refractivity contribution >= 4 is 11.9 Å². The van der Waals surface area contributed by atoms with E-state index in [1.807, 2.05) is 13.8 Å². The summed E-state index contributed by atoms with van der Waals surface area (Å²) in [5.74, 6) is -1.62. The molecule has 0 aromatic rings. The van der Waals surface area contributed by atoms with Crippen LogP contribution in [0.15, 0.2) is 0 Å². The Balaban J connectivity index is 4.44. The number of carbonyl (C=O) groups is 2. The molecular weight excluding hydrogens is 372 g/mol. The lowest BCUT2D eigenvalue weighted by Gasteiger charge is -2.28. The predicted octanol–water partition coefficient (Wildman–Crippen LogP) is 1.40. The van der Waals surface area contributed by atoms with E-state index < -0.39 is 24.1 Å². The normalized spacial score (nSPS) is 16.8. The highest BCUT2D eigenvalue weighted by atomic mass is 16.6. The van der Waals surface area contributed by atoms with Crippen LogP contribution >= 0.6 is 0 Å². The van der Waals surface area contributed by atoms with E-state index in [2.05, 4.69) is 0 Å². The molecule has 5 atom stereocenters. The summed E-state index contributed by atoms with van der Waals surface area (Å²) >= 11 is 0. The zero-order chi connectivity index (χ0) is 21.5. The number of aliphatic hydroxyl groups is 1. The largest absolute Gasteiger partial charge is 0.481 e.